The Morgan fingerprint density at radius 1 is 1.00 bits per heavy atom. The number of sulfonamides is 1. The van der Waals surface area contributed by atoms with Crippen LogP contribution in [0.4, 0.5) is 5.69 Å². The number of carbonyl (C=O) groups is 2. The minimum absolute atomic E-state index is 0.0391. The largest absolute Gasteiger partial charge is 0.355 e. The van der Waals surface area contributed by atoms with Crippen molar-refractivity contribution < 1.29 is 18.0 Å². The van der Waals surface area contributed by atoms with E-state index in [-0.39, 0.29) is 34.5 Å². The lowest BCUT2D eigenvalue weighted by atomic mass is 10.1. The van der Waals surface area contributed by atoms with Gasteiger partial charge in [0.15, 0.2) is 0 Å². The highest BCUT2D eigenvalue weighted by atomic mass is 35.5. The van der Waals surface area contributed by atoms with Crippen LogP contribution in [0.15, 0.2) is 47.4 Å². The van der Waals surface area contributed by atoms with Gasteiger partial charge in [-0.15, -0.1) is 0 Å². The van der Waals surface area contributed by atoms with Crippen LogP contribution in [-0.2, 0) is 21.2 Å². The van der Waals surface area contributed by atoms with E-state index in [1.54, 1.807) is 12.1 Å². The second-order valence-corrected chi connectivity index (χ2v) is 8.88. The number of benzene rings is 2. The summed E-state index contributed by atoms with van der Waals surface area (Å²) >= 11 is 6.08. The number of anilines is 1. The third-order valence-corrected chi connectivity index (χ3v) is 6.01. The average molecular weight is 452 g/mol. The van der Waals surface area contributed by atoms with Crippen molar-refractivity contribution in [2.45, 2.75) is 38.0 Å². The van der Waals surface area contributed by atoms with Gasteiger partial charge in [0, 0.05) is 25.7 Å². The van der Waals surface area contributed by atoms with E-state index < -0.39 is 15.9 Å². The molecule has 0 fully saturated rings. The quantitative estimate of drug-likeness (QED) is 0.482. The van der Waals surface area contributed by atoms with E-state index >= 15 is 0 Å². The molecule has 0 unspecified atom stereocenters. The van der Waals surface area contributed by atoms with E-state index in [0.29, 0.717) is 5.69 Å². The number of hydrogen-bond donors (Lipinski definition) is 3. The molecule has 0 bridgehead atoms. The summed E-state index contributed by atoms with van der Waals surface area (Å²) in [6.07, 6.45) is 3.11. The molecule has 0 heterocycles. The minimum Gasteiger partial charge on any atom is -0.355 e. The van der Waals surface area contributed by atoms with Crippen molar-refractivity contribution in [2.24, 2.45) is 0 Å². The van der Waals surface area contributed by atoms with E-state index in [2.05, 4.69) is 22.3 Å². The average Bonchev–Trinajstić information content (AvgIpc) is 2.70. The zero-order valence-electron chi connectivity index (χ0n) is 17.0. The maximum absolute atomic E-state index is 12.7. The fraction of sp³-hybridized carbons (Fsp3) is 0.333. The first kappa shape index (κ1) is 23.7. The molecule has 0 aliphatic carbocycles. The van der Waals surface area contributed by atoms with Gasteiger partial charge in [0.2, 0.25) is 5.91 Å². The lowest BCUT2D eigenvalue weighted by Gasteiger charge is -2.12. The molecule has 0 aliphatic rings. The molecule has 0 atom stereocenters. The molecule has 0 spiro atoms. The minimum atomic E-state index is -3.90. The van der Waals surface area contributed by atoms with E-state index in [4.69, 9.17) is 11.6 Å². The molecular formula is C21H26ClN3O4S. The van der Waals surface area contributed by atoms with Gasteiger partial charge in [0.25, 0.3) is 15.9 Å². The van der Waals surface area contributed by atoms with Crippen LogP contribution in [0.5, 0.6) is 0 Å². The fourth-order valence-corrected chi connectivity index (χ4v) is 3.98. The van der Waals surface area contributed by atoms with Crippen LogP contribution in [0, 0.1) is 0 Å². The molecule has 3 N–H and O–H groups in total. The lowest BCUT2D eigenvalue weighted by Crippen LogP contribution is -2.33. The molecule has 0 aromatic heterocycles. The molecule has 30 heavy (non-hydrogen) atoms. The summed E-state index contributed by atoms with van der Waals surface area (Å²) in [5.41, 5.74) is 1.62. The summed E-state index contributed by atoms with van der Waals surface area (Å²) in [5, 5.41) is 5.28. The highest BCUT2D eigenvalue weighted by Crippen LogP contribution is 2.23. The maximum atomic E-state index is 12.7. The van der Waals surface area contributed by atoms with E-state index in [1.807, 2.05) is 12.1 Å². The number of unbranched alkanes of at least 4 members (excludes halogenated alkanes) is 1. The first-order chi connectivity index (χ1) is 14.2. The van der Waals surface area contributed by atoms with E-state index in [0.717, 1.165) is 24.8 Å². The predicted molar refractivity (Wildman–Crippen MR) is 118 cm³/mol. The zero-order chi connectivity index (χ0) is 22.1. The molecule has 2 rings (SSSR count). The third-order valence-electron chi connectivity index (χ3n) is 4.30. The van der Waals surface area contributed by atoms with Crippen molar-refractivity contribution in [1.82, 2.24) is 10.6 Å². The molecule has 162 valence electrons. The van der Waals surface area contributed by atoms with Crippen molar-refractivity contribution in [3.8, 4) is 0 Å². The molecule has 0 radical (unpaired) electrons. The molecule has 9 heteroatoms. The topological polar surface area (TPSA) is 104 Å². The smallest absolute Gasteiger partial charge is 0.261 e. The highest BCUT2D eigenvalue weighted by molar-refractivity contribution is 7.92. The molecule has 2 amide bonds. The summed E-state index contributed by atoms with van der Waals surface area (Å²) in [6, 6.07) is 11.2. The maximum Gasteiger partial charge on any atom is 0.261 e. The van der Waals surface area contributed by atoms with Gasteiger partial charge in [-0.05, 0) is 48.7 Å². The fourth-order valence-electron chi connectivity index (χ4n) is 2.69. The molecule has 0 saturated carbocycles. The number of amides is 2. The number of nitrogens with one attached hydrogen (secondary N) is 3. The van der Waals surface area contributed by atoms with Crippen LogP contribution in [0.3, 0.4) is 0 Å². The normalized spacial score (nSPS) is 11.0. The summed E-state index contributed by atoms with van der Waals surface area (Å²) < 4.78 is 28.0. The number of rotatable bonds is 10. The summed E-state index contributed by atoms with van der Waals surface area (Å²) in [7, 11) is -3.90. The van der Waals surface area contributed by atoms with Crippen molar-refractivity contribution >= 4 is 39.1 Å². The van der Waals surface area contributed by atoms with Gasteiger partial charge in [-0.1, -0.05) is 37.1 Å². The van der Waals surface area contributed by atoms with Crippen LogP contribution in [0.25, 0.3) is 0 Å². The number of hydrogen-bond acceptors (Lipinski definition) is 4. The van der Waals surface area contributed by atoms with Gasteiger partial charge >= 0.3 is 0 Å². The zero-order valence-corrected chi connectivity index (χ0v) is 18.6. The van der Waals surface area contributed by atoms with E-state index in [9.17, 15) is 18.0 Å². The molecule has 2 aromatic rings. The summed E-state index contributed by atoms with van der Waals surface area (Å²) in [6.45, 7) is 3.94. The Balaban J connectivity index is 2.11. The Morgan fingerprint density at radius 2 is 1.67 bits per heavy atom. The second-order valence-electron chi connectivity index (χ2n) is 6.79. The van der Waals surface area contributed by atoms with Crippen LogP contribution >= 0.6 is 11.6 Å². The first-order valence-corrected chi connectivity index (χ1v) is 11.5. The lowest BCUT2D eigenvalue weighted by molar-refractivity contribution is -0.118. The predicted octanol–water partition coefficient (Wildman–Crippen LogP) is 3.35. The standard InChI is InChI=1S/C21H26ClN3O4S/c1-3-4-5-16-6-8-17(9-7-16)25-30(28,29)18-10-11-20(22)19(14-18)21(27)24-13-12-23-15(2)26/h6-11,14,25H,3-5,12-13H2,1-2H3,(H,23,26)(H,24,27). The third kappa shape index (κ3) is 7.03. The van der Waals surface area contributed by atoms with Gasteiger partial charge < -0.3 is 10.6 Å². The monoisotopic (exact) mass is 451 g/mol. The van der Waals surface area contributed by atoms with E-state index in [1.165, 1.54) is 25.1 Å². The molecule has 7 nitrogen and oxygen atoms in total. The summed E-state index contributed by atoms with van der Waals surface area (Å²) in [4.78, 5) is 23.1. The first-order valence-electron chi connectivity index (χ1n) is 9.67. The van der Waals surface area contributed by atoms with Gasteiger partial charge in [0.1, 0.15) is 0 Å². The van der Waals surface area contributed by atoms with Crippen LogP contribution in [-0.4, -0.2) is 33.3 Å². The Morgan fingerprint density at radius 3 is 2.30 bits per heavy atom. The van der Waals surface area contributed by atoms with Crippen LogP contribution < -0.4 is 15.4 Å². The molecule has 0 saturated heterocycles. The van der Waals surface area contributed by atoms with Gasteiger partial charge in [0.05, 0.1) is 15.5 Å². The summed E-state index contributed by atoms with van der Waals surface area (Å²) in [5.74, 6) is -0.734. The van der Waals surface area contributed by atoms with Gasteiger partial charge in [-0.2, -0.15) is 0 Å². The van der Waals surface area contributed by atoms with Crippen molar-refractivity contribution in [1.29, 1.82) is 0 Å². The van der Waals surface area contributed by atoms with Gasteiger partial charge in [-0.3, -0.25) is 14.3 Å². The Labute approximate surface area is 182 Å². The SMILES string of the molecule is CCCCc1ccc(NS(=O)(=O)c2ccc(Cl)c(C(=O)NCCNC(C)=O)c2)cc1. The highest BCUT2D eigenvalue weighted by Gasteiger charge is 2.19. The van der Waals surface area contributed by atoms with Crippen molar-refractivity contribution in [3.05, 3.63) is 58.6 Å². The Bertz CT molecular complexity index is 992. The van der Waals surface area contributed by atoms with Crippen LogP contribution in [0.2, 0.25) is 5.02 Å². The van der Waals surface area contributed by atoms with Crippen molar-refractivity contribution in [3.63, 3.8) is 0 Å². The number of carbonyl (C=O) groups excluding carboxylic acids is 2. The molecule has 2 aromatic carbocycles. The Hall–Kier alpha value is -2.58. The second kappa shape index (κ2) is 11.0. The molecular weight excluding hydrogens is 426 g/mol. The molecule has 0 aliphatic heterocycles. The van der Waals surface area contributed by atoms with Crippen molar-refractivity contribution in [2.75, 3.05) is 17.8 Å². The Kier molecular flexibility index (Phi) is 8.68. The number of aryl methyl sites for hydroxylation is 1. The van der Waals surface area contributed by atoms with Crippen LogP contribution in [0.1, 0.15) is 42.6 Å². The number of halogens is 1. The van der Waals surface area contributed by atoms with Gasteiger partial charge in [-0.25, -0.2) is 8.42 Å².